The number of piperidine rings is 1. The van der Waals surface area contributed by atoms with Crippen molar-refractivity contribution in [3.63, 3.8) is 0 Å². The summed E-state index contributed by atoms with van der Waals surface area (Å²) in [6, 6.07) is 0.117. The van der Waals surface area contributed by atoms with Crippen LogP contribution in [0.5, 0.6) is 0 Å². The van der Waals surface area contributed by atoms with Gasteiger partial charge in [0.05, 0.1) is 0 Å². The van der Waals surface area contributed by atoms with Crippen LogP contribution in [0.2, 0.25) is 0 Å². The molecule has 6 nitrogen and oxygen atoms in total. The highest BCUT2D eigenvalue weighted by molar-refractivity contribution is 6.37. The number of hydrogen-bond acceptors (Lipinski definition) is 4. The fraction of sp³-hybridized carbons (Fsp3) is 0.833. The second-order valence-electron chi connectivity index (χ2n) is 8.99. The van der Waals surface area contributed by atoms with Crippen molar-refractivity contribution in [1.29, 1.82) is 0 Å². The minimum absolute atomic E-state index is 0.0847. The lowest BCUT2D eigenvalue weighted by molar-refractivity contribution is -0.149. The molecule has 6 heteroatoms. The standard InChI is InChI=1S/C18H29N3O3/c1-17(2)8-13-9-18(3,10-17)11-21(13)16(24)15(23)20-14(22)12-4-6-19-7-5-12/h12-13,19H,4-11H2,1-3H3,(H,20,22,23). The highest BCUT2D eigenvalue weighted by atomic mass is 16.2. The molecule has 2 atom stereocenters. The normalized spacial score (nSPS) is 32.5. The van der Waals surface area contributed by atoms with Crippen LogP contribution in [0.1, 0.15) is 52.9 Å². The van der Waals surface area contributed by atoms with Crippen LogP contribution in [0, 0.1) is 16.7 Å². The molecule has 3 fully saturated rings. The summed E-state index contributed by atoms with van der Waals surface area (Å²) in [7, 11) is 0. The van der Waals surface area contributed by atoms with Crippen molar-refractivity contribution in [3.8, 4) is 0 Å². The number of carbonyl (C=O) groups is 3. The second-order valence-corrected chi connectivity index (χ2v) is 8.99. The first kappa shape index (κ1) is 17.4. The average Bonchev–Trinajstić information content (AvgIpc) is 2.76. The number of amides is 3. The molecule has 134 valence electrons. The zero-order valence-corrected chi connectivity index (χ0v) is 15.0. The van der Waals surface area contributed by atoms with Gasteiger partial charge in [-0.3, -0.25) is 19.7 Å². The molecular weight excluding hydrogens is 306 g/mol. The third-order valence-electron chi connectivity index (χ3n) is 5.82. The minimum atomic E-state index is -0.757. The van der Waals surface area contributed by atoms with Crippen LogP contribution in [0.25, 0.3) is 0 Å². The Balaban J connectivity index is 1.62. The molecule has 2 N–H and O–H groups in total. The first-order chi connectivity index (χ1) is 11.2. The van der Waals surface area contributed by atoms with E-state index < -0.39 is 11.8 Å². The van der Waals surface area contributed by atoms with E-state index in [0.717, 1.165) is 32.4 Å². The fourth-order valence-corrected chi connectivity index (χ4v) is 5.18. The third kappa shape index (κ3) is 3.48. The molecule has 2 aliphatic heterocycles. The summed E-state index contributed by atoms with van der Waals surface area (Å²) in [5, 5.41) is 5.53. The SMILES string of the molecule is CC1(C)CC2CC(C)(CN2C(=O)C(=O)NC(=O)C2CCNCC2)C1. The molecule has 0 spiro atoms. The van der Waals surface area contributed by atoms with Gasteiger partial charge < -0.3 is 10.2 Å². The Morgan fingerprint density at radius 1 is 1.08 bits per heavy atom. The average molecular weight is 335 g/mol. The van der Waals surface area contributed by atoms with Crippen LogP contribution in [0.3, 0.4) is 0 Å². The highest BCUT2D eigenvalue weighted by Gasteiger charge is 2.51. The van der Waals surface area contributed by atoms with Crippen LogP contribution in [0.15, 0.2) is 0 Å². The summed E-state index contributed by atoms with van der Waals surface area (Å²) in [6.07, 6.45) is 4.37. The van der Waals surface area contributed by atoms with Crippen LogP contribution >= 0.6 is 0 Å². The van der Waals surface area contributed by atoms with Crippen molar-refractivity contribution in [3.05, 3.63) is 0 Å². The molecule has 3 aliphatic rings. The number of rotatable bonds is 1. The highest BCUT2D eigenvalue weighted by Crippen LogP contribution is 2.52. The number of hydrogen-bond donors (Lipinski definition) is 2. The van der Waals surface area contributed by atoms with Crippen molar-refractivity contribution in [2.75, 3.05) is 19.6 Å². The Morgan fingerprint density at radius 2 is 1.75 bits per heavy atom. The molecule has 0 radical (unpaired) electrons. The van der Waals surface area contributed by atoms with Gasteiger partial charge in [0.15, 0.2) is 0 Å². The Hall–Kier alpha value is -1.43. The van der Waals surface area contributed by atoms with Crippen molar-refractivity contribution in [1.82, 2.24) is 15.5 Å². The summed E-state index contributed by atoms with van der Waals surface area (Å²) < 4.78 is 0. The maximum Gasteiger partial charge on any atom is 0.316 e. The zero-order valence-electron chi connectivity index (χ0n) is 15.0. The number of likely N-dealkylation sites (tertiary alicyclic amines) is 1. The zero-order chi connectivity index (χ0) is 17.5. The molecule has 2 bridgehead atoms. The van der Waals surface area contributed by atoms with Gasteiger partial charge in [-0.15, -0.1) is 0 Å². The van der Waals surface area contributed by atoms with Crippen LogP contribution in [0.4, 0.5) is 0 Å². The molecule has 0 aromatic carbocycles. The summed E-state index contributed by atoms with van der Waals surface area (Å²) in [4.78, 5) is 38.8. The van der Waals surface area contributed by atoms with Crippen LogP contribution in [-0.4, -0.2) is 48.3 Å². The molecular formula is C18H29N3O3. The van der Waals surface area contributed by atoms with Gasteiger partial charge in [-0.05, 0) is 56.0 Å². The van der Waals surface area contributed by atoms with Gasteiger partial charge in [0, 0.05) is 18.5 Å². The largest absolute Gasteiger partial charge is 0.331 e. The van der Waals surface area contributed by atoms with Gasteiger partial charge in [0.2, 0.25) is 5.91 Å². The van der Waals surface area contributed by atoms with E-state index in [2.05, 4.69) is 31.4 Å². The van der Waals surface area contributed by atoms with E-state index in [1.54, 1.807) is 4.90 Å². The molecule has 1 aliphatic carbocycles. The van der Waals surface area contributed by atoms with E-state index in [4.69, 9.17) is 0 Å². The van der Waals surface area contributed by atoms with Gasteiger partial charge in [0.25, 0.3) is 0 Å². The van der Waals surface area contributed by atoms with Gasteiger partial charge >= 0.3 is 11.8 Å². The van der Waals surface area contributed by atoms with E-state index in [0.29, 0.717) is 19.4 Å². The topological polar surface area (TPSA) is 78.5 Å². The lowest BCUT2D eigenvalue weighted by Gasteiger charge is -2.39. The van der Waals surface area contributed by atoms with Gasteiger partial charge in [-0.1, -0.05) is 20.8 Å². The second kappa shape index (κ2) is 6.14. The Kier molecular flexibility index (Phi) is 4.45. The maximum atomic E-state index is 12.6. The molecule has 3 amide bonds. The summed E-state index contributed by atoms with van der Waals surface area (Å²) in [5.41, 5.74) is 0.273. The first-order valence-electron chi connectivity index (χ1n) is 9.06. The number of fused-ring (bicyclic) bond motifs is 2. The Labute approximate surface area is 143 Å². The smallest absolute Gasteiger partial charge is 0.316 e. The molecule has 1 saturated carbocycles. The Morgan fingerprint density at radius 3 is 2.42 bits per heavy atom. The molecule has 3 rings (SSSR count). The van der Waals surface area contributed by atoms with Gasteiger partial charge in [0.1, 0.15) is 0 Å². The molecule has 24 heavy (non-hydrogen) atoms. The molecule has 2 unspecified atom stereocenters. The minimum Gasteiger partial charge on any atom is -0.331 e. The van der Waals surface area contributed by atoms with Crippen molar-refractivity contribution in [2.45, 2.75) is 58.9 Å². The molecule has 0 aromatic rings. The predicted molar refractivity (Wildman–Crippen MR) is 90.0 cm³/mol. The Bertz CT molecular complexity index is 554. The molecule has 2 saturated heterocycles. The summed E-state index contributed by atoms with van der Waals surface area (Å²) >= 11 is 0. The fourth-order valence-electron chi connectivity index (χ4n) is 5.18. The third-order valence-corrected chi connectivity index (χ3v) is 5.82. The number of imide groups is 1. The first-order valence-corrected chi connectivity index (χ1v) is 9.06. The quantitative estimate of drug-likeness (QED) is 0.702. The predicted octanol–water partition coefficient (Wildman–Crippen LogP) is 1.06. The monoisotopic (exact) mass is 335 g/mol. The van der Waals surface area contributed by atoms with Crippen molar-refractivity contribution in [2.24, 2.45) is 16.7 Å². The van der Waals surface area contributed by atoms with E-state index in [1.165, 1.54) is 0 Å². The molecule has 2 heterocycles. The van der Waals surface area contributed by atoms with Crippen molar-refractivity contribution < 1.29 is 14.4 Å². The van der Waals surface area contributed by atoms with Gasteiger partial charge in [-0.25, -0.2) is 0 Å². The van der Waals surface area contributed by atoms with Crippen molar-refractivity contribution >= 4 is 17.7 Å². The van der Waals surface area contributed by atoms with Crippen LogP contribution < -0.4 is 10.6 Å². The van der Waals surface area contributed by atoms with E-state index in [-0.39, 0.29) is 28.7 Å². The molecule has 0 aromatic heterocycles. The van der Waals surface area contributed by atoms with E-state index in [1.807, 2.05) is 0 Å². The van der Waals surface area contributed by atoms with E-state index >= 15 is 0 Å². The lowest BCUT2D eigenvalue weighted by Crippen LogP contribution is -2.49. The summed E-state index contributed by atoms with van der Waals surface area (Å²) in [5.74, 6) is -1.77. The lowest BCUT2D eigenvalue weighted by atomic mass is 9.65. The number of nitrogens with zero attached hydrogens (tertiary/aromatic N) is 1. The van der Waals surface area contributed by atoms with Gasteiger partial charge in [-0.2, -0.15) is 0 Å². The number of nitrogens with one attached hydrogen (secondary N) is 2. The number of carbonyl (C=O) groups excluding carboxylic acids is 3. The summed E-state index contributed by atoms with van der Waals surface area (Å²) in [6.45, 7) is 8.84. The van der Waals surface area contributed by atoms with Crippen LogP contribution in [-0.2, 0) is 14.4 Å². The maximum absolute atomic E-state index is 12.6. The van der Waals surface area contributed by atoms with E-state index in [9.17, 15) is 14.4 Å².